The van der Waals surface area contributed by atoms with Crippen LogP contribution in [0.3, 0.4) is 0 Å². The summed E-state index contributed by atoms with van der Waals surface area (Å²) in [7, 11) is 0. The van der Waals surface area contributed by atoms with Gasteiger partial charge in [0.05, 0.1) is 21.6 Å². The van der Waals surface area contributed by atoms with Gasteiger partial charge in [0, 0.05) is 16.1 Å². The maximum absolute atomic E-state index is 11.4. The Kier molecular flexibility index (Phi) is 5.74. The van der Waals surface area contributed by atoms with Crippen molar-refractivity contribution in [2.45, 2.75) is 6.92 Å². The number of ether oxygens (including phenoxy) is 1. The Balaban J connectivity index is 1.45. The second kappa shape index (κ2) is 8.86. The second-order valence-corrected chi connectivity index (χ2v) is 8.65. The van der Waals surface area contributed by atoms with Gasteiger partial charge in [0.25, 0.3) is 6.01 Å². The molecule has 0 saturated heterocycles. The topological polar surface area (TPSA) is 75.2 Å². The van der Waals surface area contributed by atoms with Crippen LogP contribution in [0.1, 0.15) is 15.9 Å². The van der Waals surface area contributed by atoms with Crippen LogP contribution in [0.5, 0.6) is 11.8 Å². The van der Waals surface area contributed by atoms with Crippen molar-refractivity contribution < 1.29 is 14.6 Å². The third kappa shape index (κ3) is 4.23. The zero-order chi connectivity index (χ0) is 23.8. The fourth-order valence-electron chi connectivity index (χ4n) is 3.81. The number of aromatic amines is 1. The molecule has 0 amide bonds. The highest BCUT2D eigenvalue weighted by Crippen LogP contribution is 2.35. The molecule has 4 aromatic carbocycles. The smallest absolute Gasteiger partial charge is 0.336 e. The molecule has 0 unspecified atom stereocenters. The summed E-state index contributed by atoms with van der Waals surface area (Å²) in [6.07, 6.45) is 0. The van der Waals surface area contributed by atoms with E-state index < -0.39 is 5.97 Å². The highest BCUT2D eigenvalue weighted by atomic mass is 35.5. The Hall–Kier alpha value is -3.80. The Bertz CT molecular complexity index is 1540. The van der Waals surface area contributed by atoms with E-state index in [-0.39, 0.29) is 11.6 Å². The molecular weight excluding hydrogens is 471 g/mol. The first-order valence-electron chi connectivity index (χ1n) is 10.5. The standard InChI is InChI=1S/C27H18Cl2N2O3/c1-15-6-11-18(12-20(15)26(32)33)34-27-30-24-13-21(23(29)14-25(24)31-27)17-9-7-16(8-10-17)19-4-2-3-5-22(19)28/h2-14H,1H3,(H,30,31)(H,32,33). The number of aromatic nitrogens is 2. The number of aromatic carboxylic acids is 1. The first-order chi connectivity index (χ1) is 16.4. The average Bonchev–Trinajstić information content (AvgIpc) is 3.21. The Morgan fingerprint density at radius 1 is 0.882 bits per heavy atom. The Labute approximate surface area is 205 Å². The Morgan fingerprint density at radius 3 is 2.29 bits per heavy atom. The second-order valence-electron chi connectivity index (χ2n) is 7.83. The lowest BCUT2D eigenvalue weighted by Crippen LogP contribution is -2.00. The van der Waals surface area contributed by atoms with Crippen molar-refractivity contribution >= 4 is 40.2 Å². The molecule has 5 rings (SSSR count). The number of nitrogens with one attached hydrogen (secondary N) is 1. The van der Waals surface area contributed by atoms with Gasteiger partial charge in [-0.25, -0.2) is 4.79 Å². The van der Waals surface area contributed by atoms with E-state index in [4.69, 9.17) is 27.9 Å². The molecule has 0 saturated carbocycles. The molecule has 5 aromatic rings. The quantitative estimate of drug-likeness (QED) is 0.262. The number of hydrogen-bond donors (Lipinski definition) is 2. The highest BCUT2D eigenvalue weighted by molar-refractivity contribution is 6.34. The molecule has 2 N–H and O–H groups in total. The van der Waals surface area contributed by atoms with E-state index in [1.165, 1.54) is 6.07 Å². The summed E-state index contributed by atoms with van der Waals surface area (Å²) in [4.78, 5) is 19.0. The average molecular weight is 489 g/mol. The minimum absolute atomic E-state index is 0.180. The van der Waals surface area contributed by atoms with Crippen LogP contribution >= 0.6 is 23.2 Å². The molecule has 0 spiro atoms. The fraction of sp³-hybridized carbons (Fsp3) is 0.0370. The molecule has 1 heterocycles. The summed E-state index contributed by atoms with van der Waals surface area (Å²) in [5, 5.41) is 10.6. The van der Waals surface area contributed by atoms with Crippen LogP contribution in [0.25, 0.3) is 33.3 Å². The van der Waals surface area contributed by atoms with Crippen LogP contribution in [0.4, 0.5) is 0 Å². The molecule has 0 aliphatic carbocycles. The van der Waals surface area contributed by atoms with Crippen LogP contribution in [-0.2, 0) is 0 Å². The molecule has 0 fully saturated rings. The van der Waals surface area contributed by atoms with Crippen LogP contribution in [0.15, 0.2) is 78.9 Å². The van der Waals surface area contributed by atoms with E-state index in [0.29, 0.717) is 32.4 Å². The van der Waals surface area contributed by atoms with Crippen molar-refractivity contribution in [3.05, 3.63) is 100 Å². The molecule has 1 aromatic heterocycles. The van der Waals surface area contributed by atoms with Crippen molar-refractivity contribution in [1.29, 1.82) is 0 Å². The number of rotatable bonds is 5. The van der Waals surface area contributed by atoms with Crippen molar-refractivity contribution in [3.8, 4) is 34.0 Å². The normalized spacial score (nSPS) is 11.0. The number of aryl methyl sites for hydroxylation is 1. The minimum atomic E-state index is -1.01. The molecule has 0 aliphatic rings. The minimum Gasteiger partial charge on any atom is -0.478 e. The Morgan fingerprint density at radius 2 is 1.59 bits per heavy atom. The monoisotopic (exact) mass is 488 g/mol. The number of imidazole rings is 1. The largest absolute Gasteiger partial charge is 0.478 e. The molecule has 5 nitrogen and oxygen atoms in total. The van der Waals surface area contributed by atoms with Crippen molar-refractivity contribution in [2.24, 2.45) is 0 Å². The molecule has 0 atom stereocenters. The molecule has 168 valence electrons. The predicted molar refractivity (Wildman–Crippen MR) is 135 cm³/mol. The third-order valence-electron chi connectivity index (χ3n) is 5.58. The van der Waals surface area contributed by atoms with Gasteiger partial charge in [-0.05, 0) is 53.9 Å². The van der Waals surface area contributed by atoms with Gasteiger partial charge in [-0.15, -0.1) is 0 Å². The summed E-state index contributed by atoms with van der Waals surface area (Å²) in [5.41, 5.74) is 5.98. The van der Waals surface area contributed by atoms with Gasteiger partial charge in [-0.1, -0.05) is 71.7 Å². The van der Waals surface area contributed by atoms with Gasteiger partial charge in [0.15, 0.2) is 0 Å². The fourth-order valence-corrected chi connectivity index (χ4v) is 4.33. The maximum Gasteiger partial charge on any atom is 0.336 e. The van der Waals surface area contributed by atoms with Gasteiger partial charge in [-0.3, -0.25) is 0 Å². The molecule has 0 radical (unpaired) electrons. The summed E-state index contributed by atoms with van der Waals surface area (Å²) >= 11 is 12.9. The van der Waals surface area contributed by atoms with Gasteiger partial charge in [0.1, 0.15) is 5.75 Å². The summed E-state index contributed by atoms with van der Waals surface area (Å²) in [6.45, 7) is 1.74. The zero-order valence-electron chi connectivity index (χ0n) is 18.0. The van der Waals surface area contributed by atoms with Crippen molar-refractivity contribution in [3.63, 3.8) is 0 Å². The van der Waals surface area contributed by atoms with Crippen LogP contribution in [0.2, 0.25) is 10.0 Å². The van der Waals surface area contributed by atoms with Gasteiger partial charge < -0.3 is 14.8 Å². The molecule has 34 heavy (non-hydrogen) atoms. The van der Waals surface area contributed by atoms with Gasteiger partial charge >= 0.3 is 5.97 Å². The highest BCUT2D eigenvalue weighted by Gasteiger charge is 2.13. The summed E-state index contributed by atoms with van der Waals surface area (Å²) in [6, 6.07) is 24.5. The number of carboxylic acid groups (broad SMARTS) is 1. The zero-order valence-corrected chi connectivity index (χ0v) is 19.5. The number of halogens is 2. The van der Waals surface area contributed by atoms with E-state index in [1.54, 1.807) is 25.1 Å². The van der Waals surface area contributed by atoms with E-state index in [2.05, 4.69) is 9.97 Å². The maximum atomic E-state index is 11.4. The number of carboxylic acids is 1. The number of carbonyl (C=O) groups is 1. The van der Waals surface area contributed by atoms with Crippen LogP contribution in [0, 0.1) is 6.92 Å². The first-order valence-corrected chi connectivity index (χ1v) is 11.2. The first kappa shape index (κ1) is 22.0. The molecule has 7 heteroatoms. The predicted octanol–water partition coefficient (Wildman–Crippen LogP) is 8.00. The van der Waals surface area contributed by atoms with Gasteiger partial charge in [-0.2, -0.15) is 4.98 Å². The number of benzene rings is 4. The SMILES string of the molecule is Cc1ccc(Oc2nc3cc(-c4ccc(-c5ccccc5Cl)cc4)c(Cl)cc3[nH]2)cc1C(=O)O. The lowest BCUT2D eigenvalue weighted by Gasteiger charge is -2.08. The molecular formula is C27H18Cl2N2O3. The van der Waals surface area contributed by atoms with E-state index in [0.717, 1.165) is 22.3 Å². The number of H-pyrrole nitrogens is 1. The number of hydrogen-bond acceptors (Lipinski definition) is 3. The van der Waals surface area contributed by atoms with Gasteiger partial charge in [0.2, 0.25) is 0 Å². The summed E-state index contributed by atoms with van der Waals surface area (Å²) in [5.74, 6) is -0.631. The van der Waals surface area contributed by atoms with Crippen LogP contribution < -0.4 is 4.74 Å². The van der Waals surface area contributed by atoms with E-state index in [1.807, 2.05) is 54.6 Å². The number of nitrogens with zero attached hydrogens (tertiary/aromatic N) is 1. The van der Waals surface area contributed by atoms with E-state index >= 15 is 0 Å². The van der Waals surface area contributed by atoms with Crippen LogP contribution in [-0.4, -0.2) is 21.0 Å². The molecule has 0 aliphatic heterocycles. The van der Waals surface area contributed by atoms with Crippen molar-refractivity contribution in [1.82, 2.24) is 9.97 Å². The summed E-state index contributed by atoms with van der Waals surface area (Å²) < 4.78 is 5.78. The third-order valence-corrected chi connectivity index (χ3v) is 6.23. The van der Waals surface area contributed by atoms with Crippen molar-refractivity contribution in [2.75, 3.05) is 0 Å². The molecule has 0 bridgehead atoms. The lowest BCUT2D eigenvalue weighted by molar-refractivity contribution is 0.0695. The lowest BCUT2D eigenvalue weighted by atomic mass is 10.00. The number of fused-ring (bicyclic) bond motifs is 1. The van der Waals surface area contributed by atoms with E-state index in [9.17, 15) is 9.90 Å².